The number of aryl methyl sites for hydroxylation is 1. The first-order valence-electron chi connectivity index (χ1n) is 11.8. The van der Waals surface area contributed by atoms with Crippen LogP contribution in [-0.2, 0) is 18.4 Å². The molecule has 1 atom stereocenters. The van der Waals surface area contributed by atoms with Crippen LogP contribution in [0.1, 0.15) is 32.1 Å². The van der Waals surface area contributed by atoms with Gasteiger partial charge in [-0.2, -0.15) is 5.10 Å². The summed E-state index contributed by atoms with van der Waals surface area (Å²) in [7, 11) is 3.35. The first-order valence-corrected chi connectivity index (χ1v) is 11.8. The lowest BCUT2D eigenvalue weighted by molar-refractivity contribution is -0.121. The van der Waals surface area contributed by atoms with E-state index in [0.29, 0.717) is 29.1 Å². The lowest BCUT2D eigenvalue weighted by atomic mass is 9.85. The number of piperidine rings is 1. The predicted octanol–water partition coefficient (Wildman–Crippen LogP) is 2.79. The Morgan fingerprint density at radius 2 is 2.09 bits per heavy atom. The molecule has 1 N–H and O–H groups in total. The molecule has 0 bridgehead atoms. The van der Waals surface area contributed by atoms with Gasteiger partial charge < -0.3 is 19.5 Å². The molecule has 1 fully saturated rings. The molecule has 2 aliphatic rings. The Hall–Kier alpha value is -3.29. The maximum absolute atomic E-state index is 12.8. The number of amides is 1. The first kappa shape index (κ1) is 21.6. The van der Waals surface area contributed by atoms with E-state index < -0.39 is 0 Å². The SMILES string of the molecule is COc1ccc2c(c1)c1c(cnn1CC(=O)NCCN1CCCC3CCCC=C31)c(=O)n2C. The summed E-state index contributed by atoms with van der Waals surface area (Å²) in [6, 6.07) is 5.57. The molecule has 0 spiro atoms. The van der Waals surface area contributed by atoms with Gasteiger partial charge in [0, 0.05) is 37.8 Å². The van der Waals surface area contributed by atoms with Gasteiger partial charge in [-0.3, -0.25) is 14.3 Å². The minimum absolute atomic E-state index is 0.0638. The third-order valence-electron chi connectivity index (χ3n) is 7.07. The number of carbonyl (C=O) groups is 1. The number of nitrogens with one attached hydrogen (secondary N) is 1. The molecule has 2 aromatic heterocycles. The van der Waals surface area contributed by atoms with Gasteiger partial charge in [-0.05, 0) is 56.2 Å². The summed E-state index contributed by atoms with van der Waals surface area (Å²) in [5, 5.41) is 8.75. The molecule has 1 unspecified atom stereocenters. The standard InChI is InChI=1S/C25H31N5O3/c1-28-22-10-9-18(33-2)14-19(22)24-20(25(28)32)15-27-30(24)16-23(31)26-11-13-29-12-5-7-17-6-3-4-8-21(17)29/h8-10,14-15,17H,3-7,11-13,16H2,1-2H3,(H,26,31). The van der Waals surface area contributed by atoms with Crippen molar-refractivity contribution in [3.8, 4) is 5.75 Å². The van der Waals surface area contributed by atoms with Crippen molar-refractivity contribution in [2.45, 2.75) is 38.6 Å². The normalized spacial score (nSPS) is 18.3. The third-order valence-corrected chi connectivity index (χ3v) is 7.07. The number of ether oxygens (including phenoxy) is 1. The van der Waals surface area contributed by atoms with Gasteiger partial charge in [0.2, 0.25) is 5.91 Å². The number of pyridine rings is 1. The van der Waals surface area contributed by atoms with E-state index >= 15 is 0 Å². The monoisotopic (exact) mass is 449 g/mol. The summed E-state index contributed by atoms with van der Waals surface area (Å²) in [6.07, 6.45) is 10.2. The number of aromatic nitrogens is 3. The number of rotatable bonds is 6. The van der Waals surface area contributed by atoms with E-state index in [1.807, 2.05) is 18.2 Å². The highest BCUT2D eigenvalue weighted by atomic mass is 16.5. The van der Waals surface area contributed by atoms with Gasteiger partial charge in [-0.1, -0.05) is 6.08 Å². The van der Waals surface area contributed by atoms with Gasteiger partial charge in [-0.15, -0.1) is 0 Å². The Balaban J connectivity index is 1.32. The quantitative estimate of drug-likeness (QED) is 0.626. The van der Waals surface area contributed by atoms with Crippen molar-refractivity contribution in [1.82, 2.24) is 24.6 Å². The second-order valence-electron chi connectivity index (χ2n) is 9.05. The van der Waals surface area contributed by atoms with Gasteiger partial charge in [0.05, 0.1) is 29.7 Å². The summed E-state index contributed by atoms with van der Waals surface area (Å²) in [5.74, 6) is 1.28. The largest absolute Gasteiger partial charge is 0.497 e. The molecule has 0 saturated carbocycles. The van der Waals surface area contributed by atoms with Crippen molar-refractivity contribution < 1.29 is 9.53 Å². The molecule has 3 aromatic rings. The van der Waals surface area contributed by atoms with E-state index in [0.717, 1.165) is 24.0 Å². The van der Waals surface area contributed by atoms with Crippen LogP contribution >= 0.6 is 0 Å². The van der Waals surface area contributed by atoms with Crippen LogP contribution in [0.25, 0.3) is 21.8 Å². The number of benzene rings is 1. The molecule has 8 heteroatoms. The average molecular weight is 450 g/mol. The molecular formula is C25H31N5O3. The van der Waals surface area contributed by atoms with Crippen LogP contribution in [0, 0.1) is 5.92 Å². The highest BCUT2D eigenvalue weighted by Crippen LogP contribution is 2.34. The number of nitrogens with zero attached hydrogens (tertiary/aromatic N) is 4. The Bertz CT molecular complexity index is 1290. The maximum Gasteiger partial charge on any atom is 0.261 e. The predicted molar refractivity (Wildman–Crippen MR) is 128 cm³/mol. The lowest BCUT2D eigenvalue weighted by Crippen LogP contribution is -2.40. The summed E-state index contributed by atoms with van der Waals surface area (Å²) in [5.41, 5.74) is 2.79. The molecule has 1 amide bonds. The zero-order valence-electron chi connectivity index (χ0n) is 19.3. The van der Waals surface area contributed by atoms with E-state index in [1.165, 1.54) is 37.8 Å². The fraction of sp³-hybridized carbons (Fsp3) is 0.480. The highest BCUT2D eigenvalue weighted by molar-refractivity contribution is 6.04. The van der Waals surface area contributed by atoms with Gasteiger partial charge in [0.25, 0.3) is 5.56 Å². The van der Waals surface area contributed by atoms with E-state index in [9.17, 15) is 9.59 Å². The summed E-state index contributed by atoms with van der Waals surface area (Å²) < 4.78 is 8.61. The van der Waals surface area contributed by atoms with E-state index in [4.69, 9.17) is 4.74 Å². The van der Waals surface area contributed by atoms with Crippen molar-refractivity contribution in [3.05, 3.63) is 46.5 Å². The number of hydrogen-bond donors (Lipinski definition) is 1. The molecule has 33 heavy (non-hydrogen) atoms. The number of fused-ring (bicyclic) bond motifs is 4. The average Bonchev–Trinajstić information content (AvgIpc) is 3.26. The third kappa shape index (κ3) is 3.98. The highest BCUT2D eigenvalue weighted by Gasteiger charge is 2.26. The molecular weight excluding hydrogens is 418 g/mol. The number of hydrogen-bond acceptors (Lipinski definition) is 5. The summed E-state index contributed by atoms with van der Waals surface area (Å²) in [6.45, 7) is 2.56. The second kappa shape index (κ2) is 8.92. The van der Waals surface area contributed by atoms with Crippen LogP contribution in [0.4, 0.5) is 0 Å². The van der Waals surface area contributed by atoms with Gasteiger partial charge in [0.1, 0.15) is 12.3 Å². The van der Waals surface area contributed by atoms with Crippen LogP contribution in [0.15, 0.2) is 41.0 Å². The molecule has 174 valence electrons. The van der Waals surface area contributed by atoms with Crippen LogP contribution in [0.3, 0.4) is 0 Å². The minimum Gasteiger partial charge on any atom is -0.497 e. The van der Waals surface area contributed by atoms with Crippen molar-refractivity contribution >= 4 is 27.7 Å². The van der Waals surface area contributed by atoms with E-state index in [2.05, 4.69) is 21.4 Å². The van der Waals surface area contributed by atoms with Gasteiger partial charge >= 0.3 is 0 Å². The molecule has 5 rings (SSSR count). The van der Waals surface area contributed by atoms with Crippen molar-refractivity contribution in [2.75, 3.05) is 26.7 Å². The first-order chi connectivity index (χ1) is 16.1. The van der Waals surface area contributed by atoms with E-state index in [-0.39, 0.29) is 18.0 Å². The molecule has 1 aromatic carbocycles. The fourth-order valence-corrected chi connectivity index (χ4v) is 5.39. The zero-order valence-corrected chi connectivity index (χ0v) is 19.3. The zero-order chi connectivity index (χ0) is 22.9. The molecule has 1 aliphatic heterocycles. The van der Waals surface area contributed by atoms with Crippen LogP contribution < -0.4 is 15.6 Å². The maximum atomic E-state index is 12.8. The Morgan fingerprint density at radius 1 is 1.24 bits per heavy atom. The number of allylic oxidation sites excluding steroid dienone is 2. The smallest absolute Gasteiger partial charge is 0.261 e. The minimum atomic E-state index is -0.130. The molecule has 1 saturated heterocycles. The van der Waals surface area contributed by atoms with Gasteiger partial charge in [0.15, 0.2) is 0 Å². The Kier molecular flexibility index (Phi) is 5.83. The number of methoxy groups -OCH3 is 1. The number of likely N-dealkylation sites (tertiary alicyclic amines) is 1. The van der Waals surface area contributed by atoms with Crippen molar-refractivity contribution in [2.24, 2.45) is 13.0 Å². The number of carbonyl (C=O) groups excluding carboxylic acids is 1. The lowest BCUT2D eigenvalue weighted by Gasteiger charge is -2.39. The fourth-order valence-electron chi connectivity index (χ4n) is 5.39. The summed E-state index contributed by atoms with van der Waals surface area (Å²) >= 11 is 0. The second-order valence-corrected chi connectivity index (χ2v) is 9.05. The molecule has 8 nitrogen and oxygen atoms in total. The Morgan fingerprint density at radius 3 is 2.94 bits per heavy atom. The van der Waals surface area contributed by atoms with Gasteiger partial charge in [-0.25, -0.2) is 0 Å². The molecule has 1 aliphatic carbocycles. The molecule has 3 heterocycles. The topological polar surface area (TPSA) is 81.4 Å². The van der Waals surface area contributed by atoms with Crippen LogP contribution in [0.5, 0.6) is 5.75 Å². The Labute approximate surface area is 192 Å². The van der Waals surface area contributed by atoms with E-state index in [1.54, 1.807) is 29.6 Å². The van der Waals surface area contributed by atoms with Crippen molar-refractivity contribution in [1.29, 1.82) is 0 Å². The van der Waals surface area contributed by atoms with Crippen LogP contribution in [0.2, 0.25) is 0 Å². The van der Waals surface area contributed by atoms with Crippen LogP contribution in [-0.4, -0.2) is 51.9 Å². The molecule has 0 radical (unpaired) electrons. The van der Waals surface area contributed by atoms with Crippen molar-refractivity contribution in [3.63, 3.8) is 0 Å². The summed E-state index contributed by atoms with van der Waals surface area (Å²) in [4.78, 5) is 28.0.